The second-order valence-corrected chi connectivity index (χ2v) is 4.47. The number of rotatable bonds is 6. The fourth-order valence-electron chi connectivity index (χ4n) is 1.54. The smallest absolute Gasteiger partial charge is 0.329 e. The zero-order chi connectivity index (χ0) is 15.5. The average molecular weight is 281 g/mol. The minimum atomic E-state index is -1.39. The number of primary amides is 1. The van der Waals surface area contributed by atoms with Crippen LogP contribution in [0.3, 0.4) is 0 Å². The molecule has 0 spiro atoms. The quantitative estimate of drug-likeness (QED) is 0.532. The van der Waals surface area contributed by atoms with Gasteiger partial charge in [-0.3, -0.25) is 14.9 Å². The Kier molecular flexibility index (Phi) is 4.28. The number of hydrogen-bond acceptors (Lipinski definition) is 5. The first-order valence-electron chi connectivity index (χ1n) is 5.81. The number of nitro groups is 1. The number of benzene rings is 1. The zero-order valence-corrected chi connectivity index (χ0v) is 11.0. The lowest BCUT2D eigenvalue weighted by Gasteiger charge is -2.25. The van der Waals surface area contributed by atoms with Crippen LogP contribution < -0.4 is 11.1 Å². The summed E-state index contributed by atoms with van der Waals surface area (Å²) < 4.78 is 0. The van der Waals surface area contributed by atoms with Crippen LogP contribution in [0.2, 0.25) is 0 Å². The molecule has 4 N–H and O–H groups in total. The number of carboxylic acid groups (broad SMARTS) is 1. The summed E-state index contributed by atoms with van der Waals surface area (Å²) in [6, 6.07) is 3.51. The Morgan fingerprint density at radius 3 is 2.50 bits per heavy atom. The van der Waals surface area contributed by atoms with E-state index in [0.29, 0.717) is 0 Å². The molecule has 1 amide bonds. The molecule has 0 saturated heterocycles. The van der Waals surface area contributed by atoms with Crippen molar-refractivity contribution in [1.29, 1.82) is 0 Å². The summed E-state index contributed by atoms with van der Waals surface area (Å²) in [5, 5.41) is 22.7. The Bertz CT molecular complexity index is 572. The Hall–Kier alpha value is -2.64. The standard InChI is InChI=1S/C12H15N3O5/c1-3-12(2,11(17)18)14-8-6-7(10(13)16)4-5-9(8)15(19)20/h4-6,14H,3H2,1-2H3,(H2,13,16)(H,17,18). The van der Waals surface area contributed by atoms with E-state index in [-0.39, 0.29) is 23.4 Å². The van der Waals surface area contributed by atoms with E-state index in [2.05, 4.69) is 5.32 Å². The van der Waals surface area contributed by atoms with E-state index in [1.807, 2.05) is 0 Å². The molecule has 108 valence electrons. The largest absolute Gasteiger partial charge is 0.480 e. The predicted octanol–water partition coefficient (Wildman–Crippen LogP) is 1.36. The molecule has 1 unspecified atom stereocenters. The highest BCUT2D eigenvalue weighted by Crippen LogP contribution is 2.29. The number of aliphatic carboxylic acids is 1. The lowest BCUT2D eigenvalue weighted by Crippen LogP contribution is -2.42. The zero-order valence-electron chi connectivity index (χ0n) is 11.0. The van der Waals surface area contributed by atoms with E-state index in [1.54, 1.807) is 6.92 Å². The molecule has 0 bridgehead atoms. The molecule has 0 saturated carbocycles. The van der Waals surface area contributed by atoms with Gasteiger partial charge in [0, 0.05) is 11.6 Å². The third-order valence-corrected chi connectivity index (χ3v) is 3.07. The molecule has 1 rings (SSSR count). The summed E-state index contributed by atoms with van der Waals surface area (Å²) in [6.45, 7) is 3.03. The maximum absolute atomic E-state index is 11.2. The van der Waals surface area contributed by atoms with Gasteiger partial charge in [-0.15, -0.1) is 0 Å². The molecule has 1 aromatic rings. The lowest BCUT2D eigenvalue weighted by atomic mass is 9.98. The number of nitro benzene ring substituents is 1. The number of carboxylic acids is 1. The molecule has 0 fully saturated rings. The van der Waals surface area contributed by atoms with E-state index in [0.717, 1.165) is 6.07 Å². The first-order valence-corrected chi connectivity index (χ1v) is 5.81. The van der Waals surface area contributed by atoms with Crippen LogP contribution in [-0.4, -0.2) is 27.4 Å². The van der Waals surface area contributed by atoms with Gasteiger partial charge in [-0.05, 0) is 25.5 Å². The first-order chi connectivity index (χ1) is 9.21. The first kappa shape index (κ1) is 15.4. The lowest BCUT2D eigenvalue weighted by molar-refractivity contribution is -0.384. The molecule has 8 nitrogen and oxygen atoms in total. The molecular formula is C12H15N3O5. The molecule has 20 heavy (non-hydrogen) atoms. The van der Waals surface area contributed by atoms with Gasteiger partial charge in [-0.2, -0.15) is 0 Å². The Morgan fingerprint density at radius 2 is 2.10 bits per heavy atom. The van der Waals surface area contributed by atoms with E-state index in [4.69, 9.17) is 5.73 Å². The average Bonchev–Trinajstić information content (AvgIpc) is 2.37. The van der Waals surface area contributed by atoms with E-state index < -0.39 is 22.3 Å². The highest BCUT2D eigenvalue weighted by molar-refractivity contribution is 5.95. The highest BCUT2D eigenvalue weighted by Gasteiger charge is 2.33. The summed E-state index contributed by atoms with van der Waals surface area (Å²) in [5.74, 6) is -1.91. The summed E-state index contributed by atoms with van der Waals surface area (Å²) in [5.41, 5.74) is 3.40. The van der Waals surface area contributed by atoms with E-state index in [1.165, 1.54) is 19.1 Å². The van der Waals surface area contributed by atoms with Crippen LogP contribution in [0, 0.1) is 10.1 Å². The Balaban J connectivity index is 3.33. The minimum Gasteiger partial charge on any atom is -0.480 e. The Morgan fingerprint density at radius 1 is 1.50 bits per heavy atom. The van der Waals surface area contributed by atoms with Gasteiger partial charge in [0.1, 0.15) is 11.2 Å². The van der Waals surface area contributed by atoms with Gasteiger partial charge in [-0.25, -0.2) is 4.79 Å². The van der Waals surface area contributed by atoms with Gasteiger partial charge in [0.2, 0.25) is 5.91 Å². The highest BCUT2D eigenvalue weighted by atomic mass is 16.6. The fourth-order valence-corrected chi connectivity index (χ4v) is 1.54. The SMILES string of the molecule is CCC(C)(Nc1cc(C(N)=O)ccc1[N+](=O)[O-])C(=O)O. The monoisotopic (exact) mass is 281 g/mol. The van der Waals surface area contributed by atoms with Crippen molar-refractivity contribution in [2.45, 2.75) is 25.8 Å². The predicted molar refractivity (Wildman–Crippen MR) is 71.6 cm³/mol. The molecule has 8 heteroatoms. The minimum absolute atomic E-state index is 0.0574. The summed E-state index contributed by atoms with van der Waals surface area (Å²) >= 11 is 0. The van der Waals surface area contributed by atoms with Crippen molar-refractivity contribution in [3.05, 3.63) is 33.9 Å². The third-order valence-electron chi connectivity index (χ3n) is 3.07. The van der Waals surface area contributed by atoms with Crippen LogP contribution in [0.5, 0.6) is 0 Å². The van der Waals surface area contributed by atoms with Crippen molar-refractivity contribution in [3.8, 4) is 0 Å². The number of carbonyl (C=O) groups excluding carboxylic acids is 1. The number of amides is 1. The number of nitrogens with zero attached hydrogens (tertiary/aromatic N) is 1. The number of carbonyl (C=O) groups is 2. The summed E-state index contributed by atoms with van der Waals surface area (Å²) in [4.78, 5) is 32.6. The molecule has 0 aliphatic rings. The van der Waals surface area contributed by atoms with Crippen molar-refractivity contribution in [2.75, 3.05) is 5.32 Å². The van der Waals surface area contributed by atoms with Crippen molar-refractivity contribution >= 4 is 23.3 Å². The van der Waals surface area contributed by atoms with E-state index in [9.17, 15) is 24.8 Å². The van der Waals surface area contributed by atoms with Gasteiger partial charge in [0.25, 0.3) is 5.69 Å². The van der Waals surface area contributed by atoms with Gasteiger partial charge in [0.05, 0.1) is 4.92 Å². The second-order valence-electron chi connectivity index (χ2n) is 4.47. The van der Waals surface area contributed by atoms with Crippen molar-refractivity contribution < 1.29 is 19.6 Å². The maximum Gasteiger partial charge on any atom is 0.329 e. The van der Waals surface area contributed by atoms with Crippen LogP contribution in [0.4, 0.5) is 11.4 Å². The van der Waals surface area contributed by atoms with Gasteiger partial charge >= 0.3 is 5.97 Å². The van der Waals surface area contributed by atoms with Crippen LogP contribution >= 0.6 is 0 Å². The normalized spacial score (nSPS) is 13.3. The number of anilines is 1. The van der Waals surface area contributed by atoms with Gasteiger partial charge in [0.15, 0.2) is 0 Å². The fraction of sp³-hybridized carbons (Fsp3) is 0.333. The molecule has 1 atom stereocenters. The molecule has 0 radical (unpaired) electrons. The second kappa shape index (κ2) is 5.55. The summed E-state index contributed by atoms with van der Waals surface area (Å²) in [7, 11) is 0. The molecular weight excluding hydrogens is 266 g/mol. The Labute approximate surface area is 114 Å². The van der Waals surface area contributed by atoms with Gasteiger partial charge < -0.3 is 16.2 Å². The number of nitrogens with one attached hydrogen (secondary N) is 1. The van der Waals surface area contributed by atoms with Crippen LogP contribution in [0.1, 0.15) is 30.6 Å². The molecule has 0 aromatic heterocycles. The van der Waals surface area contributed by atoms with Crippen LogP contribution in [0.25, 0.3) is 0 Å². The maximum atomic E-state index is 11.2. The molecule has 0 aliphatic heterocycles. The van der Waals surface area contributed by atoms with Crippen molar-refractivity contribution in [3.63, 3.8) is 0 Å². The van der Waals surface area contributed by atoms with Crippen LogP contribution in [0.15, 0.2) is 18.2 Å². The van der Waals surface area contributed by atoms with Gasteiger partial charge in [-0.1, -0.05) is 6.92 Å². The molecule has 1 aromatic carbocycles. The topological polar surface area (TPSA) is 136 Å². The third kappa shape index (κ3) is 3.02. The van der Waals surface area contributed by atoms with E-state index >= 15 is 0 Å². The van der Waals surface area contributed by atoms with Crippen LogP contribution in [-0.2, 0) is 4.79 Å². The van der Waals surface area contributed by atoms with Crippen molar-refractivity contribution in [1.82, 2.24) is 0 Å². The molecule has 0 heterocycles. The summed E-state index contributed by atoms with van der Waals surface area (Å²) in [6.07, 6.45) is 0.195. The van der Waals surface area contributed by atoms with Crippen molar-refractivity contribution in [2.24, 2.45) is 5.73 Å². The number of hydrogen-bond donors (Lipinski definition) is 3. The molecule has 0 aliphatic carbocycles. The number of nitrogens with two attached hydrogens (primary N) is 1.